The third-order valence-electron chi connectivity index (χ3n) is 1.61. The van der Waals surface area contributed by atoms with Crippen LogP contribution < -0.4 is 5.32 Å². The summed E-state index contributed by atoms with van der Waals surface area (Å²) in [6.45, 7) is 4.31. The van der Waals surface area contributed by atoms with Gasteiger partial charge in [-0.3, -0.25) is 10.1 Å². The van der Waals surface area contributed by atoms with Crippen LogP contribution in [0.4, 0.5) is 11.5 Å². The predicted octanol–water partition coefficient (Wildman–Crippen LogP) is 1.98. The van der Waals surface area contributed by atoms with Gasteiger partial charge in [-0.15, -0.1) is 6.58 Å². The normalized spacial score (nSPS) is 9.43. The number of hydrogen-bond donors (Lipinski definition) is 1. The van der Waals surface area contributed by atoms with Crippen LogP contribution in [0.2, 0.25) is 0 Å². The van der Waals surface area contributed by atoms with E-state index in [2.05, 4.69) is 16.9 Å². The third-order valence-corrected chi connectivity index (χ3v) is 1.61. The van der Waals surface area contributed by atoms with Gasteiger partial charge in [0, 0.05) is 12.6 Å². The summed E-state index contributed by atoms with van der Waals surface area (Å²) in [5.74, 6) is 0.637. The molecule has 0 aromatic carbocycles. The third kappa shape index (κ3) is 2.85. The lowest BCUT2D eigenvalue weighted by atomic mass is 10.4. The molecule has 0 saturated carbocycles. The quantitative estimate of drug-likeness (QED) is 0.336. The average molecular weight is 193 g/mol. The van der Waals surface area contributed by atoms with Gasteiger partial charge in [0.05, 0.1) is 4.92 Å². The summed E-state index contributed by atoms with van der Waals surface area (Å²) in [5.41, 5.74) is -0.000675. The van der Waals surface area contributed by atoms with E-state index in [4.69, 9.17) is 0 Å². The average Bonchev–Trinajstić information content (AvgIpc) is 2.19. The van der Waals surface area contributed by atoms with Crippen molar-refractivity contribution in [2.45, 2.75) is 6.42 Å². The summed E-state index contributed by atoms with van der Waals surface area (Å²) in [6.07, 6.45) is 3.85. The SMILES string of the molecule is C=CCCNc1ccc([N+](=O)[O-])cn1. The summed E-state index contributed by atoms with van der Waals surface area (Å²) in [4.78, 5) is 13.7. The first kappa shape index (κ1) is 10.2. The Hall–Kier alpha value is -1.91. The van der Waals surface area contributed by atoms with Crippen molar-refractivity contribution in [2.75, 3.05) is 11.9 Å². The van der Waals surface area contributed by atoms with Gasteiger partial charge in [-0.25, -0.2) is 4.98 Å². The van der Waals surface area contributed by atoms with Crippen LogP contribution >= 0.6 is 0 Å². The van der Waals surface area contributed by atoms with Gasteiger partial charge < -0.3 is 5.32 Å². The molecule has 0 amide bonds. The maximum Gasteiger partial charge on any atom is 0.287 e. The number of aromatic nitrogens is 1. The molecule has 0 fully saturated rings. The number of nitro groups is 1. The fraction of sp³-hybridized carbons (Fsp3) is 0.222. The topological polar surface area (TPSA) is 68.1 Å². The van der Waals surface area contributed by atoms with Gasteiger partial charge in [0.15, 0.2) is 0 Å². The summed E-state index contributed by atoms with van der Waals surface area (Å²) < 4.78 is 0. The van der Waals surface area contributed by atoms with Crippen molar-refractivity contribution in [1.82, 2.24) is 4.98 Å². The summed E-state index contributed by atoms with van der Waals surface area (Å²) in [5, 5.41) is 13.3. The number of nitrogens with one attached hydrogen (secondary N) is 1. The molecule has 74 valence electrons. The Labute approximate surface area is 81.6 Å². The fourth-order valence-corrected chi connectivity index (χ4v) is 0.901. The lowest BCUT2D eigenvalue weighted by Crippen LogP contribution is -2.02. The van der Waals surface area contributed by atoms with Gasteiger partial charge in [-0.1, -0.05) is 6.08 Å². The first-order valence-electron chi connectivity index (χ1n) is 4.19. The van der Waals surface area contributed by atoms with Gasteiger partial charge in [0.2, 0.25) is 0 Å². The van der Waals surface area contributed by atoms with E-state index in [1.165, 1.54) is 12.3 Å². The minimum Gasteiger partial charge on any atom is -0.370 e. The summed E-state index contributed by atoms with van der Waals surface area (Å²) in [7, 11) is 0. The van der Waals surface area contributed by atoms with Crippen molar-refractivity contribution < 1.29 is 4.92 Å². The van der Waals surface area contributed by atoms with Crippen LogP contribution in [0.3, 0.4) is 0 Å². The minimum atomic E-state index is -0.472. The molecule has 0 unspecified atom stereocenters. The molecule has 1 heterocycles. The maximum absolute atomic E-state index is 10.3. The van der Waals surface area contributed by atoms with Crippen molar-refractivity contribution >= 4 is 11.5 Å². The fourth-order valence-electron chi connectivity index (χ4n) is 0.901. The van der Waals surface area contributed by atoms with Crippen LogP contribution in [0.15, 0.2) is 31.0 Å². The van der Waals surface area contributed by atoms with Gasteiger partial charge in [0.1, 0.15) is 12.0 Å². The summed E-state index contributed by atoms with van der Waals surface area (Å²) in [6, 6.07) is 3.00. The zero-order valence-corrected chi connectivity index (χ0v) is 7.64. The van der Waals surface area contributed by atoms with E-state index in [0.717, 1.165) is 13.0 Å². The molecular formula is C9H11N3O2. The standard InChI is InChI=1S/C9H11N3O2/c1-2-3-6-10-9-5-4-8(7-11-9)12(13)14/h2,4-5,7H,1,3,6H2,(H,10,11). The lowest BCUT2D eigenvalue weighted by molar-refractivity contribution is -0.385. The van der Waals surface area contributed by atoms with E-state index >= 15 is 0 Å². The van der Waals surface area contributed by atoms with Crippen molar-refractivity contribution in [2.24, 2.45) is 0 Å². The number of anilines is 1. The summed E-state index contributed by atoms with van der Waals surface area (Å²) >= 11 is 0. The number of nitrogens with zero attached hydrogens (tertiary/aromatic N) is 2. The molecular weight excluding hydrogens is 182 g/mol. The van der Waals surface area contributed by atoms with Gasteiger partial charge in [-0.2, -0.15) is 0 Å². The molecule has 0 aliphatic carbocycles. The second-order valence-corrected chi connectivity index (χ2v) is 2.66. The Morgan fingerprint density at radius 1 is 1.64 bits per heavy atom. The zero-order chi connectivity index (χ0) is 10.4. The molecule has 0 spiro atoms. The molecule has 5 nitrogen and oxygen atoms in total. The monoisotopic (exact) mass is 193 g/mol. The molecule has 1 aromatic heterocycles. The van der Waals surface area contributed by atoms with Crippen molar-refractivity contribution in [3.05, 3.63) is 41.1 Å². The van der Waals surface area contributed by atoms with Gasteiger partial charge >= 0.3 is 0 Å². The van der Waals surface area contributed by atoms with E-state index in [1.54, 1.807) is 12.1 Å². The molecule has 0 radical (unpaired) electrons. The highest BCUT2D eigenvalue weighted by molar-refractivity contribution is 5.39. The molecule has 0 saturated heterocycles. The van der Waals surface area contributed by atoms with Crippen LogP contribution in [0, 0.1) is 10.1 Å². The minimum absolute atomic E-state index is 0.000675. The molecule has 0 atom stereocenters. The molecule has 14 heavy (non-hydrogen) atoms. The molecule has 1 rings (SSSR count). The number of hydrogen-bond acceptors (Lipinski definition) is 4. The van der Waals surface area contributed by atoms with E-state index in [-0.39, 0.29) is 5.69 Å². The Morgan fingerprint density at radius 3 is 2.93 bits per heavy atom. The zero-order valence-electron chi connectivity index (χ0n) is 7.64. The molecule has 1 N–H and O–H groups in total. The number of rotatable bonds is 5. The first-order chi connectivity index (χ1) is 6.74. The molecule has 0 aliphatic rings. The van der Waals surface area contributed by atoms with Gasteiger partial charge in [0.25, 0.3) is 5.69 Å². The van der Waals surface area contributed by atoms with Crippen molar-refractivity contribution in [3.63, 3.8) is 0 Å². The number of pyridine rings is 1. The predicted molar refractivity (Wildman–Crippen MR) is 54.2 cm³/mol. The first-order valence-corrected chi connectivity index (χ1v) is 4.19. The van der Waals surface area contributed by atoms with Crippen molar-refractivity contribution in [3.8, 4) is 0 Å². The molecule has 0 aliphatic heterocycles. The molecule has 1 aromatic rings. The van der Waals surface area contributed by atoms with E-state index in [1.807, 2.05) is 0 Å². The second-order valence-electron chi connectivity index (χ2n) is 2.66. The van der Waals surface area contributed by atoms with Crippen molar-refractivity contribution in [1.29, 1.82) is 0 Å². The smallest absolute Gasteiger partial charge is 0.287 e. The molecule has 5 heteroatoms. The Balaban J connectivity index is 2.55. The molecule has 0 bridgehead atoms. The van der Waals surface area contributed by atoms with Crippen LogP contribution in [0.5, 0.6) is 0 Å². The van der Waals surface area contributed by atoms with Gasteiger partial charge in [-0.05, 0) is 12.5 Å². The highest BCUT2D eigenvalue weighted by Gasteiger charge is 2.03. The van der Waals surface area contributed by atoms with E-state index in [0.29, 0.717) is 5.82 Å². The van der Waals surface area contributed by atoms with E-state index < -0.39 is 4.92 Å². The maximum atomic E-state index is 10.3. The van der Waals surface area contributed by atoms with Crippen LogP contribution in [0.1, 0.15) is 6.42 Å². The van der Waals surface area contributed by atoms with Crippen LogP contribution in [0.25, 0.3) is 0 Å². The Bertz CT molecular complexity index is 321. The Morgan fingerprint density at radius 2 is 2.43 bits per heavy atom. The highest BCUT2D eigenvalue weighted by Crippen LogP contribution is 2.11. The van der Waals surface area contributed by atoms with Crippen LogP contribution in [-0.2, 0) is 0 Å². The largest absolute Gasteiger partial charge is 0.370 e. The highest BCUT2D eigenvalue weighted by atomic mass is 16.6. The second kappa shape index (κ2) is 4.96. The van der Waals surface area contributed by atoms with Crippen LogP contribution in [-0.4, -0.2) is 16.5 Å². The Kier molecular flexibility index (Phi) is 3.60. The lowest BCUT2D eigenvalue weighted by Gasteiger charge is -2.01. The van der Waals surface area contributed by atoms with E-state index in [9.17, 15) is 10.1 Å².